The quantitative estimate of drug-likeness (QED) is 0.127. The molecule has 1 aliphatic heterocycles. The summed E-state index contributed by atoms with van der Waals surface area (Å²) in [6.45, 7) is 2.78. The van der Waals surface area contributed by atoms with Crippen molar-refractivity contribution < 1.29 is 79.8 Å². The molecule has 0 aromatic heterocycles. The first-order valence-corrected chi connectivity index (χ1v) is 7.38. The first kappa shape index (κ1) is 38.3. The average molecular weight is 422 g/mol. The molecule has 28 heavy (non-hydrogen) atoms. The van der Waals surface area contributed by atoms with Gasteiger partial charge in [0.05, 0.1) is 27.2 Å². The summed E-state index contributed by atoms with van der Waals surface area (Å²) in [6.07, 6.45) is 4.34. The minimum atomic E-state index is -2.42. The summed E-state index contributed by atoms with van der Waals surface area (Å²) >= 11 is 0. The average Bonchev–Trinajstić information content (AvgIpc) is 2.34. The Labute approximate surface area is 163 Å². The SMILES string of the molecule is C[N+]1(C)CCCCC1.OB(O)O.OB(O)O.OB(O)O.OB(O)O.[O-]B(O)O. The van der Waals surface area contributed by atoms with Crippen LogP contribution in [0.15, 0.2) is 0 Å². The van der Waals surface area contributed by atoms with Crippen LogP contribution in [0.1, 0.15) is 19.3 Å². The lowest BCUT2D eigenvalue weighted by Crippen LogP contribution is -2.43. The van der Waals surface area contributed by atoms with Gasteiger partial charge in [0.1, 0.15) is 0 Å². The maximum atomic E-state index is 8.64. The molecule has 0 atom stereocenters. The normalized spacial score (nSPS) is 12.8. The van der Waals surface area contributed by atoms with Crippen molar-refractivity contribution in [2.45, 2.75) is 19.3 Å². The van der Waals surface area contributed by atoms with Crippen LogP contribution >= 0.6 is 0 Å². The lowest BCUT2D eigenvalue weighted by atomic mass is 10.1. The summed E-state index contributed by atoms with van der Waals surface area (Å²) in [7, 11) is -6.45. The molecule has 0 radical (unpaired) electrons. The molecular weight excluding hydrogens is 392 g/mol. The number of piperidine rings is 1. The third-order valence-electron chi connectivity index (χ3n) is 2.03. The van der Waals surface area contributed by atoms with Crippen molar-refractivity contribution in [2.24, 2.45) is 0 Å². The fraction of sp³-hybridized carbons (Fsp3) is 1.00. The number of nitrogens with zero attached hydrogens (tertiary/aromatic N) is 1. The summed E-state index contributed by atoms with van der Waals surface area (Å²) in [5.41, 5.74) is 0. The van der Waals surface area contributed by atoms with Gasteiger partial charge in [0.2, 0.25) is 0 Å². The second-order valence-electron chi connectivity index (χ2n) is 5.16. The Bertz CT molecular complexity index is 219. The molecule has 1 fully saturated rings. The highest BCUT2D eigenvalue weighted by Gasteiger charge is 2.17. The van der Waals surface area contributed by atoms with E-state index >= 15 is 0 Å². The molecule has 0 amide bonds. The van der Waals surface area contributed by atoms with Gasteiger partial charge in [0.25, 0.3) is 0 Å². The molecule has 16 nitrogen and oxygen atoms in total. The largest absolute Gasteiger partial charge is 0.832 e. The lowest BCUT2D eigenvalue weighted by Gasteiger charge is -2.33. The Balaban J connectivity index is -0.0000000786. The number of quaternary nitrogens is 1. The molecule has 0 spiro atoms. The van der Waals surface area contributed by atoms with Crippen LogP contribution in [0.4, 0.5) is 0 Å². The van der Waals surface area contributed by atoms with Crippen molar-refractivity contribution >= 4 is 36.6 Å². The van der Waals surface area contributed by atoms with Gasteiger partial charge in [-0.15, -0.1) is 0 Å². The maximum Gasteiger partial charge on any atom is 0.631 e. The molecule has 0 aromatic rings. The van der Waals surface area contributed by atoms with E-state index in [0.29, 0.717) is 0 Å². The van der Waals surface area contributed by atoms with Crippen LogP contribution in [0.25, 0.3) is 0 Å². The van der Waals surface area contributed by atoms with Crippen LogP contribution < -0.4 is 5.02 Å². The van der Waals surface area contributed by atoms with Gasteiger partial charge in [-0.05, 0) is 19.3 Å². The van der Waals surface area contributed by atoms with Gasteiger partial charge in [0.15, 0.2) is 0 Å². The van der Waals surface area contributed by atoms with Crippen LogP contribution in [0.3, 0.4) is 0 Å². The van der Waals surface area contributed by atoms with E-state index < -0.39 is 36.6 Å². The standard InChI is InChI=1S/C7H16N.4BH3O3.BH2O3/c1-8(2)6-4-3-5-7-8;5*2-1(3)4/h3-7H2,1-2H3;4*2-4H;2-3H/q+1;;;;;-1. The molecule has 0 unspecified atom stereocenters. The summed E-state index contributed by atoms with van der Waals surface area (Å²) in [5, 5.41) is 109. The third-order valence-corrected chi connectivity index (χ3v) is 2.03. The van der Waals surface area contributed by atoms with E-state index in [1.807, 2.05) is 0 Å². The second-order valence-corrected chi connectivity index (χ2v) is 5.16. The predicted molar refractivity (Wildman–Crippen MR) is 95.5 cm³/mol. The van der Waals surface area contributed by atoms with Gasteiger partial charge in [-0.3, -0.25) is 0 Å². The molecule has 0 aliphatic carbocycles. The van der Waals surface area contributed by atoms with E-state index in [9.17, 15) is 0 Å². The first-order chi connectivity index (χ1) is 12.4. The third kappa shape index (κ3) is 167. The van der Waals surface area contributed by atoms with Crippen molar-refractivity contribution in [2.75, 3.05) is 27.2 Å². The Morgan fingerprint density at radius 3 is 0.714 bits per heavy atom. The van der Waals surface area contributed by atoms with Crippen LogP contribution in [0, 0.1) is 0 Å². The Morgan fingerprint density at radius 2 is 0.643 bits per heavy atom. The Kier molecular flexibility index (Phi) is 36.5. The van der Waals surface area contributed by atoms with Crippen molar-refractivity contribution in [1.82, 2.24) is 0 Å². The molecule has 1 rings (SSSR count). The van der Waals surface area contributed by atoms with E-state index in [4.69, 9.17) is 75.4 Å². The maximum absolute atomic E-state index is 8.64. The number of hydrogen-bond donors (Lipinski definition) is 14. The van der Waals surface area contributed by atoms with E-state index in [-0.39, 0.29) is 0 Å². The minimum absolute atomic E-state index is 1.25. The molecule has 1 saturated heterocycles. The van der Waals surface area contributed by atoms with Gasteiger partial charge in [-0.1, -0.05) is 0 Å². The molecule has 1 aliphatic rings. The summed E-state index contributed by atoms with van der Waals surface area (Å²) in [4.78, 5) is 0. The van der Waals surface area contributed by atoms with E-state index in [1.54, 1.807) is 0 Å². The number of rotatable bonds is 0. The first-order valence-electron chi connectivity index (χ1n) is 7.38. The van der Waals surface area contributed by atoms with Gasteiger partial charge in [0, 0.05) is 0 Å². The zero-order valence-electron chi connectivity index (χ0n) is 15.5. The van der Waals surface area contributed by atoms with Gasteiger partial charge in [-0.25, -0.2) is 0 Å². The minimum Gasteiger partial charge on any atom is -0.832 e. The highest BCUT2D eigenvalue weighted by atomic mass is 16.5. The summed E-state index contributed by atoms with van der Waals surface area (Å²) < 4.78 is 1.25. The molecule has 0 aromatic carbocycles. The van der Waals surface area contributed by atoms with Crippen molar-refractivity contribution in [3.63, 3.8) is 0 Å². The van der Waals surface area contributed by atoms with Gasteiger partial charge in [-0.2, -0.15) is 0 Å². The molecule has 14 N–H and O–H groups in total. The highest BCUT2D eigenvalue weighted by Crippen LogP contribution is 2.12. The zero-order valence-corrected chi connectivity index (χ0v) is 15.5. The van der Waals surface area contributed by atoms with Crippen molar-refractivity contribution in [3.8, 4) is 0 Å². The monoisotopic (exact) mass is 423 g/mol. The fourth-order valence-corrected chi connectivity index (χ4v) is 1.37. The molecule has 168 valence electrons. The van der Waals surface area contributed by atoms with Gasteiger partial charge < -0.3 is 79.8 Å². The van der Waals surface area contributed by atoms with Crippen LogP contribution in [-0.4, -0.2) is 139 Å². The van der Waals surface area contributed by atoms with Crippen molar-refractivity contribution in [1.29, 1.82) is 0 Å². The lowest BCUT2D eigenvalue weighted by molar-refractivity contribution is -0.894. The molecular formula is C7H30B5NO15. The molecule has 21 heteroatoms. The Hall–Kier alpha value is -0.315. The van der Waals surface area contributed by atoms with E-state index in [1.165, 1.54) is 36.8 Å². The van der Waals surface area contributed by atoms with E-state index in [0.717, 1.165) is 0 Å². The molecule has 1 heterocycles. The Morgan fingerprint density at radius 1 is 0.500 bits per heavy atom. The van der Waals surface area contributed by atoms with Crippen LogP contribution in [0.2, 0.25) is 0 Å². The second kappa shape index (κ2) is 26.7. The summed E-state index contributed by atoms with van der Waals surface area (Å²) in [5.74, 6) is 0. The van der Waals surface area contributed by atoms with Crippen LogP contribution in [0.5, 0.6) is 0 Å². The van der Waals surface area contributed by atoms with Crippen LogP contribution in [-0.2, 0) is 0 Å². The highest BCUT2D eigenvalue weighted by molar-refractivity contribution is 6.31. The molecule has 0 bridgehead atoms. The zero-order chi connectivity index (χ0) is 23.9. The van der Waals surface area contributed by atoms with Gasteiger partial charge >= 0.3 is 36.6 Å². The van der Waals surface area contributed by atoms with Crippen molar-refractivity contribution in [3.05, 3.63) is 0 Å². The topological polar surface area (TPSA) is 306 Å². The predicted octanol–water partition coefficient (Wildman–Crippen LogP) is -9.64. The summed E-state index contributed by atoms with van der Waals surface area (Å²) in [6, 6.07) is 0. The fourth-order valence-electron chi connectivity index (χ4n) is 1.37. The number of hydrogen-bond acceptors (Lipinski definition) is 15. The number of likely N-dealkylation sites (tertiary alicyclic amines) is 1. The smallest absolute Gasteiger partial charge is 0.631 e. The molecule has 0 saturated carbocycles. The van der Waals surface area contributed by atoms with E-state index in [2.05, 4.69) is 14.1 Å².